The zero-order chi connectivity index (χ0) is 19.6. The minimum Gasteiger partial charge on any atom is -0.338 e. The first kappa shape index (κ1) is 19.8. The molecule has 2 heterocycles. The largest absolute Gasteiger partial charge is 0.338 e. The van der Waals surface area contributed by atoms with Gasteiger partial charge in [-0.2, -0.15) is 4.68 Å². The highest BCUT2D eigenvalue weighted by Gasteiger charge is 2.33. The minimum absolute atomic E-state index is 0.0532. The topological polar surface area (TPSA) is 98.1 Å². The average molecular weight is 410 g/mol. The Morgan fingerprint density at radius 3 is 2.74 bits per heavy atom. The predicted octanol–water partition coefficient (Wildman–Crippen LogP) is 1.41. The molecule has 0 saturated carbocycles. The molecule has 0 radical (unpaired) electrons. The van der Waals surface area contributed by atoms with Crippen molar-refractivity contribution >= 4 is 27.5 Å². The zero-order valence-corrected chi connectivity index (χ0v) is 17.3. The third-order valence-corrected chi connectivity index (χ3v) is 7.47. The van der Waals surface area contributed by atoms with Crippen LogP contribution < -0.4 is 0 Å². The summed E-state index contributed by atoms with van der Waals surface area (Å²) in [5.74, 6) is 0.270. The number of carbonyl (C=O) groups is 1. The molecule has 27 heavy (non-hydrogen) atoms. The molecule has 1 aromatic carbocycles. The summed E-state index contributed by atoms with van der Waals surface area (Å²) < 4.78 is 25.0. The molecular weight excluding hydrogens is 386 g/mol. The van der Waals surface area contributed by atoms with Gasteiger partial charge in [0.25, 0.3) is 0 Å². The highest BCUT2D eigenvalue weighted by atomic mass is 32.2. The first-order valence-electron chi connectivity index (χ1n) is 8.79. The van der Waals surface area contributed by atoms with E-state index in [9.17, 15) is 13.2 Å². The van der Waals surface area contributed by atoms with Gasteiger partial charge in [-0.05, 0) is 60.9 Å². The molecule has 3 rings (SSSR count). The highest BCUT2D eigenvalue weighted by Crippen LogP contribution is 2.23. The number of benzene rings is 1. The van der Waals surface area contributed by atoms with E-state index in [4.69, 9.17) is 0 Å². The fourth-order valence-electron chi connectivity index (χ4n) is 3.16. The number of aryl methyl sites for hydroxylation is 2. The molecule has 1 aromatic heterocycles. The third kappa shape index (κ3) is 4.49. The lowest BCUT2D eigenvalue weighted by molar-refractivity contribution is -0.129. The summed E-state index contributed by atoms with van der Waals surface area (Å²) in [6.45, 7) is 6.41. The Morgan fingerprint density at radius 2 is 2.11 bits per heavy atom. The van der Waals surface area contributed by atoms with E-state index in [2.05, 4.69) is 15.5 Å². The summed E-state index contributed by atoms with van der Waals surface area (Å²) in [4.78, 5) is 14.3. The van der Waals surface area contributed by atoms with Crippen LogP contribution in [0.4, 0.5) is 0 Å². The van der Waals surface area contributed by atoms with Gasteiger partial charge >= 0.3 is 0 Å². The summed E-state index contributed by atoms with van der Waals surface area (Å²) in [6, 6.07) is 5.71. The normalized spacial score (nSPS) is 18.6. The molecule has 0 N–H and O–H groups in total. The average Bonchev–Trinajstić information content (AvgIpc) is 3.22. The number of thioether (sulfide) groups is 1. The molecular formula is C17H23N5O3S2. The van der Waals surface area contributed by atoms with Crippen LogP contribution in [0.2, 0.25) is 0 Å². The van der Waals surface area contributed by atoms with Crippen LogP contribution in [-0.2, 0) is 14.6 Å². The standard InChI is InChI=1S/C17H23N5O3S2/c1-4-21(15-7-8-27(24,25)11-15)16(23)10-26-17-18-19-20-22(17)14-6-5-12(2)13(3)9-14/h5-6,9,15H,4,7-8,10-11H2,1-3H3/t15-/m0/s1. The number of aromatic nitrogens is 4. The Balaban J connectivity index is 1.69. The van der Waals surface area contributed by atoms with Gasteiger partial charge in [0.05, 0.1) is 22.9 Å². The maximum absolute atomic E-state index is 12.6. The Bertz CT molecular complexity index is 942. The molecule has 146 valence electrons. The molecule has 0 aliphatic carbocycles. The number of amides is 1. The van der Waals surface area contributed by atoms with Gasteiger partial charge < -0.3 is 4.90 Å². The molecule has 1 aliphatic heterocycles. The molecule has 1 atom stereocenters. The van der Waals surface area contributed by atoms with Crippen LogP contribution >= 0.6 is 11.8 Å². The van der Waals surface area contributed by atoms with Gasteiger partial charge in [-0.25, -0.2) is 8.42 Å². The number of nitrogens with zero attached hydrogens (tertiary/aromatic N) is 5. The number of hydrogen-bond acceptors (Lipinski definition) is 7. The second kappa shape index (κ2) is 7.97. The number of rotatable bonds is 6. The van der Waals surface area contributed by atoms with Crippen LogP contribution in [0.1, 0.15) is 24.5 Å². The van der Waals surface area contributed by atoms with Crippen LogP contribution in [0.25, 0.3) is 5.69 Å². The van der Waals surface area contributed by atoms with E-state index in [0.717, 1.165) is 11.3 Å². The Hall–Kier alpha value is -1.94. The number of sulfone groups is 1. The summed E-state index contributed by atoms with van der Waals surface area (Å²) in [6.07, 6.45) is 0.507. The van der Waals surface area contributed by atoms with Crippen molar-refractivity contribution in [3.63, 3.8) is 0 Å². The number of hydrogen-bond donors (Lipinski definition) is 0. The first-order valence-corrected chi connectivity index (χ1v) is 11.6. The Morgan fingerprint density at radius 1 is 1.33 bits per heavy atom. The Labute approximate surface area is 163 Å². The molecule has 1 saturated heterocycles. The quantitative estimate of drug-likeness (QED) is 0.665. The van der Waals surface area contributed by atoms with Crippen LogP contribution in [0.5, 0.6) is 0 Å². The molecule has 1 amide bonds. The second-order valence-electron chi connectivity index (χ2n) is 6.67. The van der Waals surface area contributed by atoms with E-state index >= 15 is 0 Å². The number of tetrazole rings is 1. The van der Waals surface area contributed by atoms with E-state index < -0.39 is 9.84 Å². The van der Waals surface area contributed by atoms with E-state index in [1.54, 1.807) is 9.58 Å². The summed E-state index contributed by atoms with van der Waals surface area (Å²) in [7, 11) is -3.03. The molecule has 1 aliphatic rings. The maximum Gasteiger partial charge on any atom is 0.233 e. The van der Waals surface area contributed by atoms with Gasteiger partial charge in [-0.1, -0.05) is 17.8 Å². The van der Waals surface area contributed by atoms with Gasteiger partial charge in [0.15, 0.2) is 9.84 Å². The first-order chi connectivity index (χ1) is 12.8. The number of carbonyl (C=O) groups excluding carboxylic acids is 1. The van der Waals surface area contributed by atoms with Crippen LogP contribution in [-0.4, -0.2) is 69.3 Å². The summed E-state index contributed by atoms with van der Waals surface area (Å²) in [5.41, 5.74) is 3.16. The molecule has 0 unspecified atom stereocenters. The molecule has 10 heteroatoms. The van der Waals surface area contributed by atoms with Crippen molar-refractivity contribution < 1.29 is 13.2 Å². The molecule has 8 nitrogen and oxygen atoms in total. The fraction of sp³-hybridized carbons (Fsp3) is 0.529. The van der Waals surface area contributed by atoms with Crippen LogP contribution in [0, 0.1) is 13.8 Å². The zero-order valence-electron chi connectivity index (χ0n) is 15.6. The van der Waals surface area contributed by atoms with Gasteiger partial charge in [-0.15, -0.1) is 5.10 Å². The van der Waals surface area contributed by atoms with Gasteiger partial charge in [-0.3, -0.25) is 4.79 Å². The Kier molecular flexibility index (Phi) is 5.85. The lowest BCUT2D eigenvalue weighted by Crippen LogP contribution is -2.42. The van der Waals surface area contributed by atoms with Crippen LogP contribution in [0.3, 0.4) is 0 Å². The predicted molar refractivity (Wildman–Crippen MR) is 104 cm³/mol. The van der Waals surface area contributed by atoms with Gasteiger partial charge in [0.1, 0.15) is 0 Å². The van der Waals surface area contributed by atoms with Crippen molar-refractivity contribution in [2.45, 2.75) is 38.4 Å². The van der Waals surface area contributed by atoms with Gasteiger partial charge in [0, 0.05) is 12.6 Å². The van der Waals surface area contributed by atoms with Crippen molar-refractivity contribution in [1.82, 2.24) is 25.1 Å². The van der Waals surface area contributed by atoms with E-state index in [0.29, 0.717) is 18.1 Å². The smallest absolute Gasteiger partial charge is 0.233 e. The maximum atomic E-state index is 12.6. The van der Waals surface area contributed by atoms with Crippen molar-refractivity contribution in [3.05, 3.63) is 29.3 Å². The van der Waals surface area contributed by atoms with E-state index in [-0.39, 0.29) is 29.2 Å². The highest BCUT2D eigenvalue weighted by molar-refractivity contribution is 7.99. The lowest BCUT2D eigenvalue weighted by Gasteiger charge is -2.26. The molecule has 1 fully saturated rings. The molecule has 2 aromatic rings. The lowest BCUT2D eigenvalue weighted by atomic mass is 10.1. The fourth-order valence-corrected chi connectivity index (χ4v) is 5.66. The van der Waals surface area contributed by atoms with Crippen molar-refractivity contribution in [2.24, 2.45) is 0 Å². The monoisotopic (exact) mass is 409 g/mol. The summed E-state index contributed by atoms with van der Waals surface area (Å²) >= 11 is 1.26. The van der Waals surface area contributed by atoms with Crippen molar-refractivity contribution in [3.8, 4) is 5.69 Å². The summed E-state index contributed by atoms with van der Waals surface area (Å²) in [5, 5.41) is 12.3. The SMILES string of the molecule is CCN(C(=O)CSc1nnnn1-c1ccc(C)c(C)c1)[C@H]1CCS(=O)(=O)C1. The van der Waals surface area contributed by atoms with E-state index in [1.165, 1.54) is 17.3 Å². The molecule has 0 bridgehead atoms. The third-order valence-electron chi connectivity index (χ3n) is 4.81. The van der Waals surface area contributed by atoms with Crippen LogP contribution in [0.15, 0.2) is 23.4 Å². The second-order valence-corrected chi connectivity index (χ2v) is 9.84. The van der Waals surface area contributed by atoms with Crippen molar-refractivity contribution in [2.75, 3.05) is 23.8 Å². The minimum atomic E-state index is -3.03. The molecule has 0 spiro atoms. The van der Waals surface area contributed by atoms with Crippen molar-refractivity contribution in [1.29, 1.82) is 0 Å². The van der Waals surface area contributed by atoms with Gasteiger partial charge in [0.2, 0.25) is 11.1 Å². The van der Waals surface area contributed by atoms with E-state index in [1.807, 2.05) is 39.0 Å².